The minimum absolute atomic E-state index is 0.843. The molecule has 1 unspecified atom stereocenters. The van der Waals surface area contributed by atoms with Crippen LogP contribution in [-0.4, -0.2) is 17.3 Å². The highest BCUT2D eigenvalue weighted by molar-refractivity contribution is 7.99. The van der Waals surface area contributed by atoms with Crippen LogP contribution >= 0.6 is 24.4 Å². The maximum Gasteiger partial charge on any atom is -0.00444 e. The standard InChI is InChI=1S/C10H22S2/c1-9(2)8-12-7-5-10(3)4-6-11/h9-11H,4-8H2,1-3H3. The van der Waals surface area contributed by atoms with Crippen molar-refractivity contribution in [2.24, 2.45) is 11.8 Å². The summed E-state index contributed by atoms with van der Waals surface area (Å²) in [5.41, 5.74) is 0. The monoisotopic (exact) mass is 206 g/mol. The summed E-state index contributed by atoms with van der Waals surface area (Å²) in [4.78, 5) is 0. The van der Waals surface area contributed by atoms with E-state index in [1.165, 1.54) is 24.3 Å². The number of hydrogen-bond acceptors (Lipinski definition) is 2. The van der Waals surface area contributed by atoms with E-state index in [-0.39, 0.29) is 0 Å². The predicted octanol–water partition coefficient (Wildman–Crippen LogP) is 3.72. The first-order chi connectivity index (χ1) is 5.66. The number of rotatable bonds is 7. The van der Waals surface area contributed by atoms with Gasteiger partial charge in [-0.15, -0.1) is 0 Å². The Morgan fingerprint density at radius 3 is 2.33 bits per heavy atom. The molecule has 0 aliphatic carbocycles. The van der Waals surface area contributed by atoms with Crippen LogP contribution in [0.3, 0.4) is 0 Å². The van der Waals surface area contributed by atoms with Crippen LogP contribution in [0.4, 0.5) is 0 Å². The molecule has 12 heavy (non-hydrogen) atoms. The lowest BCUT2D eigenvalue weighted by Crippen LogP contribution is -1.99. The summed E-state index contributed by atoms with van der Waals surface area (Å²) in [6.45, 7) is 6.89. The zero-order chi connectivity index (χ0) is 9.40. The fraction of sp³-hybridized carbons (Fsp3) is 1.00. The largest absolute Gasteiger partial charge is 0.179 e. The van der Waals surface area contributed by atoms with E-state index in [2.05, 4.69) is 45.2 Å². The Morgan fingerprint density at radius 1 is 1.17 bits per heavy atom. The normalized spacial score (nSPS) is 13.8. The van der Waals surface area contributed by atoms with Crippen molar-refractivity contribution in [3.05, 3.63) is 0 Å². The molecule has 0 aromatic heterocycles. The van der Waals surface area contributed by atoms with Gasteiger partial charge in [-0.2, -0.15) is 24.4 Å². The Bertz CT molecular complexity index is 91.8. The highest BCUT2D eigenvalue weighted by atomic mass is 32.2. The molecule has 0 N–H and O–H groups in total. The molecule has 0 fully saturated rings. The maximum absolute atomic E-state index is 4.23. The van der Waals surface area contributed by atoms with Crippen LogP contribution in [-0.2, 0) is 0 Å². The van der Waals surface area contributed by atoms with Crippen molar-refractivity contribution in [2.45, 2.75) is 33.6 Å². The van der Waals surface area contributed by atoms with Gasteiger partial charge in [0, 0.05) is 0 Å². The van der Waals surface area contributed by atoms with Gasteiger partial charge in [-0.05, 0) is 41.9 Å². The van der Waals surface area contributed by atoms with E-state index in [9.17, 15) is 0 Å². The van der Waals surface area contributed by atoms with E-state index in [1.807, 2.05) is 0 Å². The Morgan fingerprint density at radius 2 is 1.83 bits per heavy atom. The Hall–Kier alpha value is 0.700. The number of thioether (sulfide) groups is 1. The van der Waals surface area contributed by atoms with Gasteiger partial charge in [0.1, 0.15) is 0 Å². The summed E-state index contributed by atoms with van der Waals surface area (Å²) in [6, 6.07) is 0. The van der Waals surface area contributed by atoms with Crippen molar-refractivity contribution in [1.82, 2.24) is 0 Å². The van der Waals surface area contributed by atoms with E-state index >= 15 is 0 Å². The molecule has 0 aliphatic heterocycles. The third-order valence-electron chi connectivity index (χ3n) is 1.83. The van der Waals surface area contributed by atoms with Gasteiger partial charge in [0.2, 0.25) is 0 Å². The molecule has 74 valence electrons. The molecule has 0 amide bonds. The van der Waals surface area contributed by atoms with E-state index in [1.54, 1.807) is 0 Å². The molecule has 0 bridgehead atoms. The fourth-order valence-corrected chi connectivity index (χ4v) is 2.62. The van der Waals surface area contributed by atoms with Gasteiger partial charge in [-0.3, -0.25) is 0 Å². The average molecular weight is 206 g/mol. The number of hydrogen-bond donors (Lipinski definition) is 1. The van der Waals surface area contributed by atoms with Crippen LogP contribution < -0.4 is 0 Å². The lowest BCUT2D eigenvalue weighted by atomic mass is 10.1. The SMILES string of the molecule is CC(C)CSCCC(C)CCS. The minimum atomic E-state index is 0.843. The quantitative estimate of drug-likeness (QED) is 0.489. The Balaban J connectivity index is 3.08. The van der Waals surface area contributed by atoms with Gasteiger partial charge in [0.05, 0.1) is 0 Å². The molecule has 0 rings (SSSR count). The summed E-state index contributed by atoms with van der Waals surface area (Å²) in [5, 5.41) is 0. The van der Waals surface area contributed by atoms with Gasteiger partial charge in [-0.25, -0.2) is 0 Å². The topological polar surface area (TPSA) is 0 Å². The molecular weight excluding hydrogens is 184 g/mol. The van der Waals surface area contributed by atoms with Crippen molar-refractivity contribution in [2.75, 3.05) is 17.3 Å². The molecule has 0 heterocycles. The molecule has 2 heteroatoms. The molecule has 0 radical (unpaired) electrons. The van der Waals surface area contributed by atoms with Crippen LogP contribution in [0.5, 0.6) is 0 Å². The summed E-state index contributed by atoms with van der Waals surface area (Å²) >= 11 is 6.32. The Kier molecular flexibility index (Phi) is 8.79. The molecule has 0 saturated carbocycles. The van der Waals surface area contributed by atoms with Gasteiger partial charge >= 0.3 is 0 Å². The molecular formula is C10H22S2. The van der Waals surface area contributed by atoms with Crippen molar-refractivity contribution >= 4 is 24.4 Å². The van der Waals surface area contributed by atoms with Crippen LogP contribution in [0.25, 0.3) is 0 Å². The summed E-state index contributed by atoms with van der Waals surface area (Å²) in [5.74, 6) is 5.38. The highest BCUT2D eigenvalue weighted by Crippen LogP contribution is 2.15. The second-order valence-corrected chi connectivity index (χ2v) is 5.47. The van der Waals surface area contributed by atoms with E-state index < -0.39 is 0 Å². The van der Waals surface area contributed by atoms with Crippen molar-refractivity contribution in [3.8, 4) is 0 Å². The van der Waals surface area contributed by atoms with Gasteiger partial charge in [0.25, 0.3) is 0 Å². The smallest absolute Gasteiger partial charge is 0.00444 e. The molecule has 0 aliphatic rings. The zero-order valence-electron chi connectivity index (χ0n) is 8.55. The van der Waals surface area contributed by atoms with Crippen LogP contribution in [0.15, 0.2) is 0 Å². The lowest BCUT2D eigenvalue weighted by Gasteiger charge is -2.09. The molecule has 0 aromatic rings. The summed E-state index contributed by atoms with van der Waals surface area (Å²) < 4.78 is 0. The molecule has 0 spiro atoms. The van der Waals surface area contributed by atoms with Gasteiger partial charge in [0.15, 0.2) is 0 Å². The third-order valence-corrected chi connectivity index (χ3v) is 3.51. The van der Waals surface area contributed by atoms with Gasteiger partial charge in [-0.1, -0.05) is 20.8 Å². The first-order valence-corrected chi connectivity index (χ1v) is 6.64. The second kappa shape index (κ2) is 8.31. The second-order valence-electron chi connectivity index (χ2n) is 3.87. The Labute approximate surface area is 87.3 Å². The highest BCUT2D eigenvalue weighted by Gasteiger charge is 2.00. The molecule has 0 aromatic carbocycles. The summed E-state index contributed by atoms with van der Waals surface area (Å²) in [7, 11) is 0. The maximum atomic E-state index is 4.23. The molecule has 0 nitrogen and oxygen atoms in total. The van der Waals surface area contributed by atoms with Crippen molar-refractivity contribution in [3.63, 3.8) is 0 Å². The first kappa shape index (κ1) is 12.7. The van der Waals surface area contributed by atoms with Crippen molar-refractivity contribution in [1.29, 1.82) is 0 Å². The van der Waals surface area contributed by atoms with Crippen molar-refractivity contribution < 1.29 is 0 Å². The molecule has 1 atom stereocenters. The number of thiol groups is 1. The van der Waals surface area contributed by atoms with E-state index in [4.69, 9.17) is 0 Å². The van der Waals surface area contributed by atoms with Gasteiger partial charge < -0.3 is 0 Å². The van der Waals surface area contributed by atoms with Crippen LogP contribution in [0.2, 0.25) is 0 Å². The van der Waals surface area contributed by atoms with E-state index in [0.29, 0.717) is 0 Å². The third kappa shape index (κ3) is 8.79. The minimum Gasteiger partial charge on any atom is -0.179 e. The van der Waals surface area contributed by atoms with Crippen LogP contribution in [0, 0.1) is 11.8 Å². The zero-order valence-corrected chi connectivity index (χ0v) is 10.3. The fourth-order valence-electron chi connectivity index (χ4n) is 0.968. The summed E-state index contributed by atoms with van der Waals surface area (Å²) in [6.07, 6.45) is 2.63. The first-order valence-electron chi connectivity index (χ1n) is 4.85. The lowest BCUT2D eigenvalue weighted by molar-refractivity contribution is 0.553. The molecule has 0 saturated heterocycles. The average Bonchev–Trinajstić information content (AvgIpc) is 1.98. The van der Waals surface area contributed by atoms with E-state index in [0.717, 1.165) is 17.6 Å². The van der Waals surface area contributed by atoms with Crippen LogP contribution in [0.1, 0.15) is 33.6 Å². The predicted molar refractivity (Wildman–Crippen MR) is 64.4 cm³/mol.